The molecule has 0 radical (unpaired) electrons. The van der Waals surface area contributed by atoms with Crippen molar-refractivity contribution in [3.8, 4) is 6.07 Å². The Morgan fingerprint density at radius 1 is 1.10 bits per heavy atom. The molecular weight excluding hydrogens is 312 g/mol. The van der Waals surface area contributed by atoms with E-state index in [-0.39, 0.29) is 21.2 Å². The van der Waals surface area contributed by atoms with Crippen LogP contribution in [0.1, 0.15) is 5.56 Å². The number of hydrazine groups is 1. The zero-order valence-corrected chi connectivity index (χ0v) is 12.2. The predicted molar refractivity (Wildman–Crippen MR) is 81.2 cm³/mol. The molecule has 2 aromatic carbocycles. The SMILES string of the molecule is N#Cc1ccc(NS(=O)(=O)c2ccc(NN)cc2)cc1Cl. The maximum atomic E-state index is 12.2. The molecule has 0 fully saturated rings. The summed E-state index contributed by atoms with van der Waals surface area (Å²) in [4.78, 5) is 0.0852. The number of sulfonamides is 1. The normalized spacial score (nSPS) is 10.7. The van der Waals surface area contributed by atoms with Crippen LogP contribution < -0.4 is 16.0 Å². The van der Waals surface area contributed by atoms with Crippen LogP contribution in [0.2, 0.25) is 5.02 Å². The minimum atomic E-state index is -3.73. The molecule has 0 bridgehead atoms. The van der Waals surface area contributed by atoms with Gasteiger partial charge in [-0.15, -0.1) is 0 Å². The highest BCUT2D eigenvalue weighted by molar-refractivity contribution is 7.92. The van der Waals surface area contributed by atoms with Crippen LogP contribution in [0.15, 0.2) is 47.4 Å². The summed E-state index contributed by atoms with van der Waals surface area (Å²) in [7, 11) is -3.73. The Kier molecular flexibility index (Phi) is 4.33. The van der Waals surface area contributed by atoms with Crippen LogP contribution >= 0.6 is 11.6 Å². The van der Waals surface area contributed by atoms with Gasteiger partial charge in [-0.3, -0.25) is 10.6 Å². The fourth-order valence-electron chi connectivity index (χ4n) is 1.61. The number of nitrogen functional groups attached to an aromatic ring is 1. The van der Waals surface area contributed by atoms with Crippen molar-refractivity contribution in [2.75, 3.05) is 10.1 Å². The molecule has 0 aliphatic rings. The first-order valence-electron chi connectivity index (χ1n) is 5.75. The number of nitrogens with zero attached hydrogens (tertiary/aromatic N) is 1. The average Bonchev–Trinajstić information content (AvgIpc) is 2.47. The van der Waals surface area contributed by atoms with Crippen LogP contribution in [0.25, 0.3) is 0 Å². The Hall–Kier alpha value is -2.27. The van der Waals surface area contributed by atoms with Crippen molar-refractivity contribution in [3.05, 3.63) is 53.1 Å². The number of rotatable bonds is 4. The number of nitriles is 1. The first kappa shape index (κ1) is 15.1. The second-order valence-electron chi connectivity index (χ2n) is 4.08. The zero-order valence-electron chi connectivity index (χ0n) is 10.7. The van der Waals surface area contributed by atoms with Gasteiger partial charge in [-0.1, -0.05) is 11.6 Å². The molecule has 0 aliphatic carbocycles. The second kappa shape index (κ2) is 6.01. The summed E-state index contributed by atoms with van der Waals surface area (Å²) in [6.45, 7) is 0. The lowest BCUT2D eigenvalue weighted by Gasteiger charge is -2.09. The molecule has 0 amide bonds. The van der Waals surface area contributed by atoms with E-state index in [4.69, 9.17) is 22.7 Å². The van der Waals surface area contributed by atoms with Crippen molar-refractivity contribution in [2.45, 2.75) is 4.90 Å². The Morgan fingerprint density at radius 3 is 2.24 bits per heavy atom. The van der Waals surface area contributed by atoms with Crippen LogP contribution in [0.5, 0.6) is 0 Å². The number of halogens is 1. The van der Waals surface area contributed by atoms with Gasteiger partial charge in [-0.05, 0) is 42.5 Å². The van der Waals surface area contributed by atoms with E-state index >= 15 is 0 Å². The quantitative estimate of drug-likeness (QED) is 0.591. The summed E-state index contributed by atoms with van der Waals surface area (Å²) in [6.07, 6.45) is 0. The smallest absolute Gasteiger partial charge is 0.261 e. The topological polar surface area (TPSA) is 108 Å². The third kappa shape index (κ3) is 3.44. The third-order valence-electron chi connectivity index (χ3n) is 2.67. The number of nitrogens with two attached hydrogens (primary N) is 1. The van der Waals surface area contributed by atoms with Gasteiger partial charge in [0.1, 0.15) is 6.07 Å². The van der Waals surface area contributed by atoms with Crippen molar-refractivity contribution >= 4 is 33.0 Å². The number of anilines is 2. The molecule has 2 rings (SSSR count). The summed E-state index contributed by atoms with van der Waals surface area (Å²) in [6, 6.07) is 12.1. The maximum Gasteiger partial charge on any atom is 0.261 e. The van der Waals surface area contributed by atoms with Gasteiger partial charge in [0.15, 0.2) is 0 Å². The number of benzene rings is 2. The molecule has 0 atom stereocenters. The molecule has 8 heteroatoms. The van der Waals surface area contributed by atoms with Gasteiger partial charge >= 0.3 is 0 Å². The minimum Gasteiger partial charge on any atom is -0.324 e. The summed E-state index contributed by atoms with van der Waals surface area (Å²) in [5, 5.41) is 8.96. The highest BCUT2D eigenvalue weighted by Crippen LogP contribution is 2.23. The Balaban J connectivity index is 2.28. The molecular formula is C13H11ClN4O2S. The number of hydrogen-bond acceptors (Lipinski definition) is 5. The summed E-state index contributed by atoms with van der Waals surface area (Å²) in [5.41, 5.74) is 3.56. The molecule has 6 nitrogen and oxygen atoms in total. The lowest BCUT2D eigenvalue weighted by molar-refractivity contribution is 0.601. The van der Waals surface area contributed by atoms with Crippen molar-refractivity contribution in [1.82, 2.24) is 0 Å². The molecule has 0 saturated heterocycles. The van der Waals surface area contributed by atoms with Crippen molar-refractivity contribution < 1.29 is 8.42 Å². The molecule has 0 heterocycles. The van der Waals surface area contributed by atoms with Gasteiger partial charge in [0.2, 0.25) is 0 Å². The molecule has 4 N–H and O–H groups in total. The Labute approximate surface area is 127 Å². The maximum absolute atomic E-state index is 12.2. The van der Waals surface area contributed by atoms with Crippen molar-refractivity contribution in [1.29, 1.82) is 5.26 Å². The van der Waals surface area contributed by atoms with Crippen molar-refractivity contribution in [2.24, 2.45) is 5.84 Å². The predicted octanol–water partition coefficient (Wildman–Crippen LogP) is 2.30. The van der Waals surface area contributed by atoms with E-state index in [0.717, 1.165) is 0 Å². The lowest BCUT2D eigenvalue weighted by atomic mass is 10.2. The molecule has 0 saturated carbocycles. The van der Waals surface area contributed by atoms with Crippen LogP contribution in [0.3, 0.4) is 0 Å². The van der Waals surface area contributed by atoms with Gasteiger partial charge < -0.3 is 5.43 Å². The van der Waals surface area contributed by atoms with Gasteiger partial charge in [0.25, 0.3) is 10.0 Å². The first-order chi connectivity index (χ1) is 9.96. The third-order valence-corrected chi connectivity index (χ3v) is 4.38. The molecule has 2 aromatic rings. The van der Waals surface area contributed by atoms with Crippen molar-refractivity contribution in [3.63, 3.8) is 0 Å². The van der Waals surface area contributed by atoms with E-state index in [1.54, 1.807) is 12.1 Å². The first-order valence-corrected chi connectivity index (χ1v) is 7.61. The van der Waals surface area contributed by atoms with Crippen LogP contribution in [-0.2, 0) is 10.0 Å². The molecule has 21 heavy (non-hydrogen) atoms. The fourth-order valence-corrected chi connectivity index (χ4v) is 2.89. The molecule has 0 aliphatic heterocycles. The van der Waals surface area contributed by atoms with Gasteiger partial charge in [-0.25, -0.2) is 8.42 Å². The van der Waals surface area contributed by atoms with E-state index in [1.165, 1.54) is 30.3 Å². The molecule has 108 valence electrons. The summed E-state index contributed by atoms with van der Waals surface area (Å²) in [5.74, 6) is 5.22. The monoisotopic (exact) mass is 322 g/mol. The fraction of sp³-hybridized carbons (Fsp3) is 0. The van der Waals surface area contributed by atoms with E-state index in [1.807, 2.05) is 6.07 Å². The molecule has 0 unspecified atom stereocenters. The van der Waals surface area contributed by atoms with Gasteiger partial charge in [0, 0.05) is 5.69 Å². The van der Waals surface area contributed by atoms with E-state index in [2.05, 4.69) is 10.1 Å². The highest BCUT2D eigenvalue weighted by Gasteiger charge is 2.14. The number of hydrogen-bond donors (Lipinski definition) is 3. The minimum absolute atomic E-state index is 0.0852. The standard InChI is InChI=1S/C13H11ClN4O2S/c14-13-7-11(2-1-9(13)8-15)18-21(19,20)12-5-3-10(17-16)4-6-12/h1-7,17-18H,16H2. The largest absolute Gasteiger partial charge is 0.324 e. The Bertz CT molecular complexity index is 798. The van der Waals surface area contributed by atoms with E-state index in [9.17, 15) is 8.42 Å². The van der Waals surface area contributed by atoms with Gasteiger partial charge in [-0.2, -0.15) is 5.26 Å². The summed E-state index contributed by atoms with van der Waals surface area (Å²) >= 11 is 5.86. The Morgan fingerprint density at radius 2 is 1.71 bits per heavy atom. The van der Waals surface area contributed by atoms with Crippen LogP contribution in [0, 0.1) is 11.3 Å². The number of nitrogens with one attached hydrogen (secondary N) is 2. The van der Waals surface area contributed by atoms with Gasteiger partial charge in [0.05, 0.1) is 21.2 Å². The van der Waals surface area contributed by atoms with E-state index in [0.29, 0.717) is 5.69 Å². The zero-order chi connectivity index (χ0) is 15.5. The van der Waals surface area contributed by atoms with Crippen LogP contribution in [-0.4, -0.2) is 8.42 Å². The average molecular weight is 323 g/mol. The van der Waals surface area contributed by atoms with Crippen LogP contribution in [0.4, 0.5) is 11.4 Å². The molecule has 0 spiro atoms. The lowest BCUT2D eigenvalue weighted by Crippen LogP contribution is -2.13. The summed E-state index contributed by atoms with van der Waals surface area (Å²) < 4.78 is 26.8. The highest BCUT2D eigenvalue weighted by atomic mass is 35.5. The van der Waals surface area contributed by atoms with E-state index < -0.39 is 10.0 Å². The second-order valence-corrected chi connectivity index (χ2v) is 6.17. The molecule has 0 aromatic heterocycles.